The number of esters is 1. The lowest BCUT2D eigenvalue weighted by Gasteiger charge is -2.57. The molecule has 0 aromatic heterocycles. The van der Waals surface area contributed by atoms with Crippen molar-refractivity contribution in [2.45, 2.75) is 65.2 Å². The van der Waals surface area contributed by atoms with E-state index in [1.807, 2.05) is 0 Å². The maximum absolute atomic E-state index is 11.9. The SMILES string of the molecule is COC(=O)C[C@H]1CC[C@H]2[C@@H]3CCC4=CCC=C[C@]4(C)[C@H]3CC[C@]12C. The van der Waals surface area contributed by atoms with Crippen LogP contribution in [0.25, 0.3) is 0 Å². The molecule has 2 heteroatoms. The number of allylic oxidation sites excluding steroid dienone is 4. The van der Waals surface area contributed by atoms with Gasteiger partial charge in [-0.2, -0.15) is 0 Å². The summed E-state index contributed by atoms with van der Waals surface area (Å²) in [6.45, 7) is 4.98. The molecule has 0 aromatic rings. The Hall–Kier alpha value is -1.05. The van der Waals surface area contributed by atoms with Crippen molar-refractivity contribution < 1.29 is 9.53 Å². The van der Waals surface area contributed by atoms with Crippen molar-refractivity contribution in [3.63, 3.8) is 0 Å². The van der Waals surface area contributed by atoms with Gasteiger partial charge in [-0.05, 0) is 74.0 Å². The fraction of sp³-hybridized carbons (Fsp3) is 0.773. The third-order valence-corrected chi connectivity index (χ3v) is 8.45. The zero-order valence-electron chi connectivity index (χ0n) is 15.5. The van der Waals surface area contributed by atoms with Crippen LogP contribution in [0.5, 0.6) is 0 Å². The summed E-state index contributed by atoms with van der Waals surface area (Å²) in [5.41, 5.74) is 2.37. The highest BCUT2D eigenvalue weighted by molar-refractivity contribution is 5.69. The first kappa shape index (κ1) is 16.4. The molecule has 132 valence electrons. The topological polar surface area (TPSA) is 26.3 Å². The fourth-order valence-corrected chi connectivity index (χ4v) is 7.07. The van der Waals surface area contributed by atoms with Crippen LogP contribution in [0.3, 0.4) is 0 Å². The van der Waals surface area contributed by atoms with Gasteiger partial charge in [-0.1, -0.05) is 37.6 Å². The number of methoxy groups -OCH3 is 1. The van der Waals surface area contributed by atoms with Crippen LogP contribution < -0.4 is 0 Å². The molecule has 4 rings (SSSR count). The largest absolute Gasteiger partial charge is 0.469 e. The van der Waals surface area contributed by atoms with E-state index in [4.69, 9.17) is 4.74 Å². The lowest BCUT2D eigenvalue weighted by atomic mass is 9.47. The summed E-state index contributed by atoms with van der Waals surface area (Å²) in [5.74, 6) is 2.97. The third-order valence-electron chi connectivity index (χ3n) is 8.45. The number of ether oxygens (including phenoxy) is 1. The predicted octanol–water partition coefficient (Wildman–Crippen LogP) is 5.29. The Balaban J connectivity index is 1.59. The molecular weight excluding hydrogens is 296 g/mol. The van der Waals surface area contributed by atoms with Crippen molar-refractivity contribution in [2.75, 3.05) is 7.11 Å². The summed E-state index contributed by atoms with van der Waals surface area (Å²) in [4.78, 5) is 11.9. The van der Waals surface area contributed by atoms with Crippen LogP contribution in [0.4, 0.5) is 0 Å². The number of hydrogen-bond donors (Lipinski definition) is 0. The average Bonchev–Trinajstić information content (AvgIpc) is 2.91. The van der Waals surface area contributed by atoms with Crippen LogP contribution in [0, 0.1) is 34.5 Å². The molecule has 0 heterocycles. The van der Waals surface area contributed by atoms with E-state index in [0.717, 1.165) is 24.2 Å². The van der Waals surface area contributed by atoms with E-state index in [2.05, 4.69) is 32.1 Å². The lowest BCUT2D eigenvalue weighted by molar-refractivity contribution is -0.143. The fourth-order valence-electron chi connectivity index (χ4n) is 7.07. The van der Waals surface area contributed by atoms with Gasteiger partial charge < -0.3 is 4.74 Å². The number of carbonyl (C=O) groups excluding carboxylic acids is 1. The van der Waals surface area contributed by atoms with E-state index in [-0.39, 0.29) is 5.97 Å². The minimum absolute atomic E-state index is 0.0139. The van der Waals surface area contributed by atoms with E-state index in [0.29, 0.717) is 23.2 Å². The molecule has 0 bridgehead atoms. The Kier molecular flexibility index (Phi) is 3.93. The van der Waals surface area contributed by atoms with Crippen molar-refractivity contribution in [1.82, 2.24) is 0 Å². The number of hydrogen-bond acceptors (Lipinski definition) is 2. The number of rotatable bonds is 2. The van der Waals surface area contributed by atoms with Crippen molar-refractivity contribution in [2.24, 2.45) is 34.5 Å². The molecule has 0 unspecified atom stereocenters. The molecule has 0 saturated heterocycles. The van der Waals surface area contributed by atoms with Crippen LogP contribution in [0.15, 0.2) is 23.8 Å². The van der Waals surface area contributed by atoms with Gasteiger partial charge in [0, 0.05) is 11.8 Å². The molecule has 0 N–H and O–H groups in total. The lowest BCUT2D eigenvalue weighted by Crippen LogP contribution is -2.49. The van der Waals surface area contributed by atoms with Crippen LogP contribution >= 0.6 is 0 Å². The van der Waals surface area contributed by atoms with Crippen LogP contribution in [0.1, 0.15) is 65.2 Å². The summed E-state index contributed by atoms with van der Waals surface area (Å²) < 4.78 is 4.97. The zero-order valence-corrected chi connectivity index (χ0v) is 15.5. The molecule has 0 spiro atoms. The molecule has 6 atom stereocenters. The highest BCUT2D eigenvalue weighted by Gasteiger charge is 2.58. The van der Waals surface area contributed by atoms with E-state index < -0.39 is 0 Å². The van der Waals surface area contributed by atoms with E-state index in [1.54, 1.807) is 5.57 Å². The van der Waals surface area contributed by atoms with Gasteiger partial charge >= 0.3 is 5.97 Å². The summed E-state index contributed by atoms with van der Waals surface area (Å²) in [5, 5.41) is 0. The molecule has 3 saturated carbocycles. The van der Waals surface area contributed by atoms with Gasteiger partial charge in [0.15, 0.2) is 0 Å². The van der Waals surface area contributed by atoms with Gasteiger partial charge in [-0.3, -0.25) is 4.79 Å². The second kappa shape index (κ2) is 5.75. The van der Waals surface area contributed by atoms with Gasteiger partial charge in [0.1, 0.15) is 0 Å². The second-order valence-electron chi connectivity index (χ2n) is 9.16. The van der Waals surface area contributed by atoms with Gasteiger partial charge in [-0.25, -0.2) is 0 Å². The molecule has 24 heavy (non-hydrogen) atoms. The molecule has 0 aliphatic heterocycles. The second-order valence-corrected chi connectivity index (χ2v) is 9.16. The standard InChI is InChI=1S/C22H32O2/c1-21-12-5-4-6-15(21)7-9-17-18-10-8-16(14-20(23)24-3)22(18,2)13-11-19(17)21/h5-6,12,16-19H,4,7-11,13-14H2,1-3H3/t16-,17+,18+,19+,21+,22-/m1/s1. The molecular formula is C22H32O2. The van der Waals surface area contributed by atoms with Crippen molar-refractivity contribution in [1.29, 1.82) is 0 Å². The Labute approximate surface area is 146 Å². The van der Waals surface area contributed by atoms with E-state index in [9.17, 15) is 4.79 Å². The molecule has 2 nitrogen and oxygen atoms in total. The van der Waals surface area contributed by atoms with Crippen molar-refractivity contribution >= 4 is 5.97 Å². The highest BCUT2D eigenvalue weighted by Crippen LogP contribution is 2.66. The van der Waals surface area contributed by atoms with Crippen LogP contribution in [0.2, 0.25) is 0 Å². The molecule has 0 amide bonds. The predicted molar refractivity (Wildman–Crippen MR) is 96.3 cm³/mol. The molecule has 4 aliphatic rings. The van der Waals surface area contributed by atoms with Gasteiger partial charge in [0.05, 0.1) is 7.11 Å². The smallest absolute Gasteiger partial charge is 0.305 e. The van der Waals surface area contributed by atoms with Gasteiger partial charge in [0.2, 0.25) is 0 Å². The van der Waals surface area contributed by atoms with Gasteiger partial charge in [0.25, 0.3) is 0 Å². The maximum Gasteiger partial charge on any atom is 0.305 e. The molecule has 0 aromatic carbocycles. The van der Waals surface area contributed by atoms with Gasteiger partial charge in [-0.15, -0.1) is 0 Å². The number of fused-ring (bicyclic) bond motifs is 5. The normalized spacial score (nSPS) is 46.5. The Morgan fingerprint density at radius 3 is 2.83 bits per heavy atom. The Bertz CT molecular complexity index is 589. The van der Waals surface area contributed by atoms with Crippen LogP contribution in [-0.4, -0.2) is 13.1 Å². The quantitative estimate of drug-likeness (QED) is 0.508. The summed E-state index contributed by atoms with van der Waals surface area (Å²) in [6.07, 6.45) is 17.0. The van der Waals surface area contributed by atoms with E-state index in [1.165, 1.54) is 45.6 Å². The highest BCUT2D eigenvalue weighted by atomic mass is 16.5. The zero-order chi connectivity index (χ0) is 16.9. The summed E-state index contributed by atoms with van der Waals surface area (Å²) in [6, 6.07) is 0. The molecule has 3 fully saturated rings. The van der Waals surface area contributed by atoms with E-state index >= 15 is 0 Å². The average molecular weight is 328 g/mol. The summed E-state index contributed by atoms with van der Waals surface area (Å²) in [7, 11) is 1.53. The monoisotopic (exact) mass is 328 g/mol. The van der Waals surface area contributed by atoms with Crippen molar-refractivity contribution in [3.8, 4) is 0 Å². The Morgan fingerprint density at radius 1 is 1.21 bits per heavy atom. The molecule has 0 radical (unpaired) electrons. The first-order chi connectivity index (χ1) is 11.5. The van der Waals surface area contributed by atoms with Crippen molar-refractivity contribution in [3.05, 3.63) is 23.8 Å². The minimum Gasteiger partial charge on any atom is -0.469 e. The number of carbonyl (C=O) groups is 1. The third kappa shape index (κ3) is 2.24. The van der Waals surface area contributed by atoms with Crippen LogP contribution in [-0.2, 0) is 9.53 Å². The molecule has 4 aliphatic carbocycles. The first-order valence-corrected chi connectivity index (χ1v) is 9.93. The minimum atomic E-state index is -0.0139. The first-order valence-electron chi connectivity index (χ1n) is 9.93. The summed E-state index contributed by atoms with van der Waals surface area (Å²) >= 11 is 0. The maximum atomic E-state index is 11.9. The Morgan fingerprint density at radius 2 is 2.04 bits per heavy atom.